The lowest BCUT2D eigenvalue weighted by atomic mass is 10.2. The first-order valence-corrected chi connectivity index (χ1v) is 6.64. The van der Waals surface area contributed by atoms with Gasteiger partial charge in [-0.25, -0.2) is 4.98 Å². The molecule has 0 fully saturated rings. The molecule has 18 heavy (non-hydrogen) atoms. The fraction of sp³-hybridized carbons (Fsp3) is 0.571. The molecule has 0 aromatic carbocycles. The summed E-state index contributed by atoms with van der Waals surface area (Å²) in [6.07, 6.45) is 5.57. The largest absolute Gasteiger partial charge is 0.505 e. The van der Waals surface area contributed by atoms with Gasteiger partial charge in [-0.3, -0.25) is 4.79 Å². The maximum atomic E-state index is 12.3. The zero-order chi connectivity index (χ0) is 13.4. The highest BCUT2D eigenvalue weighted by Gasteiger charge is 2.19. The third-order valence-electron chi connectivity index (χ3n) is 2.84. The summed E-state index contributed by atoms with van der Waals surface area (Å²) in [6, 6.07) is 3.12. The summed E-state index contributed by atoms with van der Waals surface area (Å²) in [6.45, 7) is 5.65. The molecule has 0 aliphatic rings. The SMILES string of the molecule is CCCCN(CCCC)C(=O)c1ncccc1O. The normalized spacial score (nSPS) is 10.3. The zero-order valence-corrected chi connectivity index (χ0v) is 11.2. The number of aromatic hydroxyl groups is 1. The van der Waals surface area contributed by atoms with Gasteiger partial charge in [0, 0.05) is 19.3 Å². The van der Waals surface area contributed by atoms with Crippen LogP contribution in [0.1, 0.15) is 50.0 Å². The summed E-state index contributed by atoms with van der Waals surface area (Å²) < 4.78 is 0. The number of carbonyl (C=O) groups is 1. The minimum atomic E-state index is -0.171. The average Bonchev–Trinajstić information content (AvgIpc) is 2.39. The van der Waals surface area contributed by atoms with E-state index in [0.717, 1.165) is 38.8 Å². The van der Waals surface area contributed by atoms with Gasteiger partial charge in [0.25, 0.3) is 5.91 Å². The second-order valence-electron chi connectivity index (χ2n) is 4.37. The summed E-state index contributed by atoms with van der Waals surface area (Å²) in [5, 5.41) is 9.67. The van der Waals surface area contributed by atoms with Crippen LogP contribution < -0.4 is 0 Å². The molecule has 1 aromatic heterocycles. The van der Waals surface area contributed by atoms with Crippen LogP contribution >= 0.6 is 0 Å². The van der Waals surface area contributed by atoms with Gasteiger partial charge in [-0.15, -0.1) is 0 Å². The molecule has 0 spiro atoms. The molecule has 0 radical (unpaired) electrons. The Kier molecular flexibility index (Phi) is 6.19. The quantitative estimate of drug-likeness (QED) is 0.809. The van der Waals surface area contributed by atoms with Gasteiger partial charge in [0.15, 0.2) is 5.69 Å². The molecule has 0 saturated heterocycles. The Labute approximate surface area is 109 Å². The first kappa shape index (κ1) is 14.5. The van der Waals surface area contributed by atoms with Crippen LogP contribution in [0.25, 0.3) is 0 Å². The highest BCUT2D eigenvalue weighted by atomic mass is 16.3. The van der Waals surface area contributed by atoms with E-state index < -0.39 is 0 Å². The predicted molar refractivity (Wildman–Crippen MR) is 71.6 cm³/mol. The van der Waals surface area contributed by atoms with Crippen molar-refractivity contribution in [1.29, 1.82) is 0 Å². The molecule has 0 aliphatic carbocycles. The fourth-order valence-corrected chi connectivity index (χ4v) is 1.72. The van der Waals surface area contributed by atoms with Crippen molar-refractivity contribution in [3.8, 4) is 5.75 Å². The van der Waals surface area contributed by atoms with E-state index in [9.17, 15) is 9.90 Å². The molecular weight excluding hydrogens is 228 g/mol. The van der Waals surface area contributed by atoms with Gasteiger partial charge in [0.05, 0.1) is 0 Å². The van der Waals surface area contributed by atoms with Crippen molar-refractivity contribution in [2.75, 3.05) is 13.1 Å². The highest BCUT2D eigenvalue weighted by Crippen LogP contribution is 2.15. The molecule has 1 N–H and O–H groups in total. The molecule has 100 valence electrons. The molecular formula is C14H22N2O2. The molecule has 0 aliphatic heterocycles. The molecule has 4 nitrogen and oxygen atoms in total. The van der Waals surface area contributed by atoms with Gasteiger partial charge < -0.3 is 10.0 Å². The first-order valence-electron chi connectivity index (χ1n) is 6.64. The molecule has 1 aromatic rings. The summed E-state index contributed by atoms with van der Waals surface area (Å²) in [5.41, 5.74) is 0.157. The van der Waals surface area contributed by atoms with Crippen molar-refractivity contribution < 1.29 is 9.90 Å². The lowest BCUT2D eigenvalue weighted by Crippen LogP contribution is -2.33. The van der Waals surface area contributed by atoms with Gasteiger partial charge in [0.2, 0.25) is 0 Å². The van der Waals surface area contributed by atoms with Crippen LogP contribution in [0.4, 0.5) is 0 Å². The van der Waals surface area contributed by atoms with E-state index in [4.69, 9.17) is 0 Å². The second kappa shape index (κ2) is 7.69. The number of pyridine rings is 1. The number of unbranched alkanes of at least 4 members (excludes halogenated alkanes) is 2. The Balaban J connectivity index is 2.77. The van der Waals surface area contributed by atoms with Crippen molar-refractivity contribution >= 4 is 5.91 Å². The van der Waals surface area contributed by atoms with Crippen molar-refractivity contribution in [1.82, 2.24) is 9.88 Å². The van der Waals surface area contributed by atoms with Gasteiger partial charge in [0.1, 0.15) is 5.75 Å². The number of hydrogen-bond acceptors (Lipinski definition) is 3. The highest BCUT2D eigenvalue weighted by molar-refractivity contribution is 5.94. The number of amides is 1. The van der Waals surface area contributed by atoms with E-state index >= 15 is 0 Å². The Morgan fingerprint density at radius 3 is 2.39 bits per heavy atom. The Bertz CT molecular complexity index is 372. The van der Waals surface area contributed by atoms with Crippen molar-refractivity contribution in [3.63, 3.8) is 0 Å². The molecule has 4 heteroatoms. The summed E-state index contributed by atoms with van der Waals surface area (Å²) in [7, 11) is 0. The van der Waals surface area contributed by atoms with Crippen molar-refractivity contribution in [2.24, 2.45) is 0 Å². The van der Waals surface area contributed by atoms with Crippen LogP contribution in [0.2, 0.25) is 0 Å². The molecule has 1 amide bonds. The van der Waals surface area contributed by atoms with Crippen LogP contribution in [0.15, 0.2) is 18.3 Å². The predicted octanol–water partition coefficient (Wildman–Crippen LogP) is 2.83. The minimum absolute atomic E-state index is 0.0412. The average molecular weight is 250 g/mol. The standard InChI is InChI=1S/C14H22N2O2/c1-3-5-10-16(11-6-4-2)14(18)13-12(17)8-7-9-15-13/h7-9,17H,3-6,10-11H2,1-2H3. The minimum Gasteiger partial charge on any atom is -0.505 e. The Morgan fingerprint density at radius 2 is 1.89 bits per heavy atom. The molecule has 0 bridgehead atoms. The molecule has 1 rings (SSSR count). The summed E-state index contributed by atoms with van der Waals surface area (Å²) in [5.74, 6) is -0.213. The third kappa shape index (κ3) is 4.02. The number of rotatable bonds is 7. The lowest BCUT2D eigenvalue weighted by molar-refractivity contribution is 0.0742. The van der Waals surface area contributed by atoms with E-state index in [1.807, 2.05) is 0 Å². The van der Waals surface area contributed by atoms with E-state index in [1.54, 1.807) is 11.0 Å². The van der Waals surface area contributed by atoms with Crippen LogP contribution in [0.5, 0.6) is 5.75 Å². The summed E-state index contributed by atoms with van der Waals surface area (Å²) >= 11 is 0. The Morgan fingerprint density at radius 1 is 1.28 bits per heavy atom. The number of carbonyl (C=O) groups excluding carboxylic acids is 1. The maximum absolute atomic E-state index is 12.3. The number of aromatic nitrogens is 1. The van der Waals surface area contributed by atoms with E-state index in [1.165, 1.54) is 12.3 Å². The zero-order valence-electron chi connectivity index (χ0n) is 11.2. The smallest absolute Gasteiger partial charge is 0.276 e. The fourth-order valence-electron chi connectivity index (χ4n) is 1.72. The summed E-state index contributed by atoms with van der Waals surface area (Å²) in [4.78, 5) is 18.0. The monoisotopic (exact) mass is 250 g/mol. The van der Waals surface area contributed by atoms with E-state index in [2.05, 4.69) is 18.8 Å². The van der Waals surface area contributed by atoms with Gasteiger partial charge >= 0.3 is 0 Å². The Hall–Kier alpha value is -1.58. The van der Waals surface area contributed by atoms with Crippen molar-refractivity contribution in [3.05, 3.63) is 24.0 Å². The molecule has 0 unspecified atom stereocenters. The van der Waals surface area contributed by atoms with Crippen LogP contribution in [0, 0.1) is 0 Å². The van der Waals surface area contributed by atoms with Gasteiger partial charge in [-0.2, -0.15) is 0 Å². The first-order chi connectivity index (χ1) is 8.70. The topological polar surface area (TPSA) is 53.4 Å². The van der Waals surface area contributed by atoms with E-state index in [0.29, 0.717) is 0 Å². The van der Waals surface area contributed by atoms with Gasteiger partial charge in [-0.1, -0.05) is 26.7 Å². The van der Waals surface area contributed by atoms with Crippen molar-refractivity contribution in [2.45, 2.75) is 39.5 Å². The van der Waals surface area contributed by atoms with Crippen LogP contribution in [-0.2, 0) is 0 Å². The number of hydrogen-bond donors (Lipinski definition) is 1. The third-order valence-corrected chi connectivity index (χ3v) is 2.84. The lowest BCUT2D eigenvalue weighted by Gasteiger charge is -2.22. The van der Waals surface area contributed by atoms with E-state index in [-0.39, 0.29) is 17.4 Å². The van der Waals surface area contributed by atoms with Crippen LogP contribution in [-0.4, -0.2) is 34.0 Å². The van der Waals surface area contributed by atoms with Gasteiger partial charge in [-0.05, 0) is 25.0 Å². The molecule has 0 atom stereocenters. The second-order valence-corrected chi connectivity index (χ2v) is 4.37. The number of nitrogens with zero attached hydrogens (tertiary/aromatic N) is 2. The maximum Gasteiger partial charge on any atom is 0.276 e. The molecule has 1 heterocycles. The molecule has 0 saturated carbocycles. The van der Waals surface area contributed by atoms with Crippen LogP contribution in [0.3, 0.4) is 0 Å².